The number of benzene rings is 1. The molecular formula is C18H19N3O3. The molecule has 1 amide bonds. The highest BCUT2D eigenvalue weighted by Crippen LogP contribution is 2.29. The van der Waals surface area contributed by atoms with Crippen LogP contribution >= 0.6 is 0 Å². The molecule has 6 nitrogen and oxygen atoms in total. The second-order valence-corrected chi connectivity index (χ2v) is 5.66. The van der Waals surface area contributed by atoms with Gasteiger partial charge in [0.1, 0.15) is 5.76 Å². The van der Waals surface area contributed by atoms with Gasteiger partial charge in [0, 0.05) is 20.4 Å². The second kappa shape index (κ2) is 7.12. The molecule has 6 heteroatoms. The molecule has 0 fully saturated rings. The van der Waals surface area contributed by atoms with Gasteiger partial charge in [-0.15, -0.1) is 0 Å². The van der Waals surface area contributed by atoms with E-state index in [0.29, 0.717) is 24.7 Å². The summed E-state index contributed by atoms with van der Waals surface area (Å²) in [5.41, 5.74) is 1.05. The molecule has 0 radical (unpaired) electrons. The number of rotatable bonds is 6. The third-order valence-corrected chi connectivity index (χ3v) is 3.84. The molecule has 0 N–H and O–H groups in total. The summed E-state index contributed by atoms with van der Waals surface area (Å²) in [6, 6.07) is 13.6. The van der Waals surface area contributed by atoms with E-state index in [1.54, 1.807) is 25.1 Å². The van der Waals surface area contributed by atoms with E-state index in [9.17, 15) is 4.79 Å². The quantitative estimate of drug-likeness (QED) is 0.696. The molecule has 0 aliphatic rings. The van der Waals surface area contributed by atoms with Crippen LogP contribution in [-0.2, 0) is 11.3 Å². The molecule has 124 valence electrons. The first-order valence-electron chi connectivity index (χ1n) is 7.75. The van der Waals surface area contributed by atoms with E-state index in [-0.39, 0.29) is 11.8 Å². The fraction of sp³-hybridized carbons (Fsp3) is 0.278. The summed E-state index contributed by atoms with van der Waals surface area (Å²) < 4.78 is 10.5. The fourth-order valence-electron chi connectivity index (χ4n) is 2.59. The number of amides is 1. The molecule has 2 heterocycles. The van der Waals surface area contributed by atoms with Crippen LogP contribution in [0, 0.1) is 6.92 Å². The molecule has 0 bridgehead atoms. The van der Waals surface area contributed by atoms with Crippen molar-refractivity contribution in [1.82, 2.24) is 15.0 Å². The predicted octanol–water partition coefficient (Wildman–Crippen LogP) is 3.15. The van der Waals surface area contributed by atoms with E-state index >= 15 is 0 Å². The van der Waals surface area contributed by atoms with Gasteiger partial charge in [0.05, 0.1) is 18.7 Å². The van der Waals surface area contributed by atoms with Crippen molar-refractivity contribution in [2.24, 2.45) is 0 Å². The average Bonchev–Trinajstić information content (AvgIpc) is 3.25. The van der Waals surface area contributed by atoms with Gasteiger partial charge < -0.3 is 13.8 Å². The fourth-order valence-corrected chi connectivity index (χ4v) is 2.59. The van der Waals surface area contributed by atoms with Crippen LogP contribution in [0.4, 0.5) is 0 Å². The van der Waals surface area contributed by atoms with E-state index in [1.807, 2.05) is 42.5 Å². The summed E-state index contributed by atoms with van der Waals surface area (Å²) >= 11 is 0. The molecule has 0 saturated carbocycles. The first kappa shape index (κ1) is 16.0. The molecule has 0 spiro atoms. The number of hydrogen-bond acceptors (Lipinski definition) is 5. The van der Waals surface area contributed by atoms with Gasteiger partial charge in [-0.05, 0) is 17.7 Å². The Morgan fingerprint density at radius 3 is 2.62 bits per heavy atom. The molecule has 0 aliphatic carbocycles. The van der Waals surface area contributed by atoms with Crippen molar-refractivity contribution in [3.05, 3.63) is 71.8 Å². The molecule has 2 aromatic heterocycles. The highest BCUT2D eigenvalue weighted by atomic mass is 16.5. The number of nitrogens with zero attached hydrogens (tertiary/aromatic N) is 3. The Morgan fingerprint density at radius 2 is 2.00 bits per heavy atom. The van der Waals surface area contributed by atoms with Crippen LogP contribution in [0.5, 0.6) is 0 Å². The van der Waals surface area contributed by atoms with Crippen molar-refractivity contribution in [2.75, 3.05) is 7.05 Å². The minimum Gasteiger partial charge on any atom is -0.469 e. The largest absolute Gasteiger partial charge is 0.469 e. The minimum absolute atomic E-state index is 0.0114. The van der Waals surface area contributed by atoms with Crippen LogP contribution in [0.1, 0.15) is 35.4 Å². The third kappa shape index (κ3) is 3.71. The lowest BCUT2D eigenvalue weighted by Crippen LogP contribution is -2.28. The Morgan fingerprint density at radius 1 is 1.21 bits per heavy atom. The Balaban J connectivity index is 1.73. The average molecular weight is 325 g/mol. The summed E-state index contributed by atoms with van der Waals surface area (Å²) in [6.07, 6.45) is 1.94. The Hall–Kier alpha value is -2.89. The number of carbonyl (C=O) groups excluding carboxylic acids is 1. The van der Waals surface area contributed by atoms with Crippen molar-refractivity contribution in [3.63, 3.8) is 0 Å². The highest BCUT2D eigenvalue weighted by Gasteiger charge is 2.23. The standard InChI is InChI=1S/C18H19N3O3/c1-13-19-17(20-24-13)12-21(2)18(22)11-15(16-9-6-10-23-16)14-7-4-3-5-8-14/h3-10,15H,11-12H2,1-2H3/t15-/m1/s1. The van der Waals surface area contributed by atoms with Gasteiger partial charge in [-0.2, -0.15) is 4.98 Å². The molecule has 3 aromatic rings. The molecule has 0 saturated heterocycles. The van der Waals surface area contributed by atoms with Gasteiger partial charge in [-0.3, -0.25) is 4.79 Å². The monoisotopic (exact) mass is 325 g/mol. The molecular weight excluding hydrogens is 306 g/mol. The van der Waals surface area contributed by atoms with Crippen LogP contribution in [0.25, 0.3) is 0 Å². The number of carbonyl (C=O) groups is 1. The summed E-state index contributed by atoms with van der Waals surface area (Å²) in [5, 5.41) is 3.83. The predicted molar refractivity (Wildman–Crippen MR) is 87.1 cm³/mol. The zero-order valence-corrected chi connectivity index (χ0v) is 13.7. The van der Waals surface area contributed by atoms with Gasteiger partial charge in [-0.25, -0.2) is 0 Å². The van der Waals surface area contributed by atoms with Crippen molar-refractivity contribution in [2.45, 2.75) is 25.8 Å². The van der Waals surface area contributed by atoms with Gasteiger partial charge in [0.2, 0.25) is 11.8 Å². The highest BCUT2D eigenvalue weighted by molar-refractivity contribution is 5.77. The topological polar surface area (TPSA) is 72.4 Å². The van der Waals surface area contributed by atoms with Crippen LogP contribution in [-0.4, -0.2) is 28.0 Å². The molecule has 1 atom stereocenters. The van der Waals surface area contributed by atoms with Gasteiger partial charge in [-0.1, -0.05) is 35.5 Å². The summed E-state index contributed by atoms with van der Waals surface area (Å²) in [7, 11) is 1.73. The van der Waals surface area contributed by atoms with E-state index < -0.39 is 0 Å². The second-order valence-electron chi connectivity index (χ2n) is 5.66. The van der Waals surface area contributed by atoms with Crippen molar-refractivity contribution >= 4 is 5.91 Å². The third-order valence-electron chi connectivity index (χ3n) is 3.84. The smallest absolute Gasteiger partial charge is 0.223 e. The SMILES string of the molecule is Cc1nc(CN(C)C(=O)C[C@H](c2ccccc2)c2ccco2)no1. The first-order valence-corrected chi connectivity index (χ1v) is 7.75. The maximum Gasteiger partial charge on any atom is 0.223 e. The Labute approximate surface area is 140 Å². The number of aryl methyl sites for hydroxylation is 1. The van der Waals surface area contributed by atoms with Crippen LogP contribution < -0.4 is 0 Å². The van der Waals surface area contributed by atoms with Crippen molar-refractivity contribution in [1.29, 1.82) is 0 Å². The van der Waals surface area contributed by atoms with Crippen molar-refractivity contribution in [3.8, 4) is 0 Å². The summed E-state index contributed by atoms with van der Waals surface area (Å²) in [5.74, 6) is 1.63. The minimum atomic E-state index is -0.122. The Kier molecular flexibility index (Phi) is 4.74. The van der Waals surface area contributed by atoms with Crippen molar-refractivity contribution < 1.29 is 13.7 Å². The van der Waals surface area contributed by atoms with Crippen LogP contribution in [0.3, 0.4) is 0 Å². The summed E-state index contributed by atoms with van der Waals surface area (Å²) in [4.78, 5) is 18.4. The summed E-state index contributed by atoms with van der Waals surface area (Å²) in [6.45, 7) is 2.04. The van der Waals surface area contributed by atoms with E-state index in [1.165, 1.54) is 0 Å². The number of furan rings is 1. The lowest BCUT2D eigenvalue weighted by Gasteiger charge is -2.20. The molecule has 0 aliphatic heterocycles. The normalized spacial score (nSPS) is 12.1. The first-order chi connectivity index (χ1) is 11.6. The van der Waals surface area contributed by atoms with Gasteiger partial charge in [0.15, 0.2) is 5.82 Å². The number of aromatic nitrogens is 2. The molecule has 24 heavy (non-hydrogen) atoms. The van der Waals surface area contributed by atoms with Gasteiger partial charge >= 0.3 is 0 Å². The lowest BCUT2D eigenvalue weighted by molar-refractivity contribution is -0.130. The van der Waals surface area contributed by atoms with E-state index in [0.717, 1.165) is 11.3 Å². The number of hydrogen-bond donors (Lipinski definition) is 0. The maximum atomic E-state index is 12.6. The van der Waals surface area contributed by atoms with Gasteiger partial charge in [0.25, 0.3) is 0 Å². The molecule has 0 unspecified atom stereocenters. The zero-order valence-electron chi connectivity index (χ0n) is 13.7. The maximum absolute atomic E-state index is 12.6. The van der Waals surface area contributed by atoms with E-state index in [4.69, 9.17) is 8.94 Å². The lowest BCUT2D eigenvalue weighted by atomic mass is 9.93. The van der Waals surface area contributed by atoms with Crippen LogP contribution in [0.15, 0.2) is 57.7 Å². The Bertz CT molecular complexity index is 781. The molecule has 3 rings (SSSR count). The van der Waals surface area contributed by atoms with E-state index in [2.05, 4.69) is 10.1 Å². The molecule has 1 aromatic carbocycles. The zero-order chi connectivity index (χ0) is 16.9. The van der Waals surface area contributed by atoms with Crippen LogP contribution in [0.2, 0.25) is 0 Å².